The van der Waals surface area contributed by atoms with E-state index in [-0.39, 0.29) is 11.5 Å². The van der Waals surface area contributed by atoms with E-state index in [1.54, 1.807) is 36.4 Å². The van der Waals surface area contributed by atoms with E-state index in [0.717, 1.165) is 11.1 Å². The molecule has 0 unspecified atom stereocenters. The molecule has 0 atom stereocenters. The number of aryl methyl sites for hydroxylation is 1. The summed E-state index contributed by atoms with van der Waals surface area (Å²) in [5.74, 6) is -0.778. The number of non-ortho nitro benzene ring substituents is 1. The summed E-state index contributed by atoms with van der Waals surface area (Å²) in [5.41, 5.74) is 1.35. The number of hydrogen-bond acceptors (Lipinski definition) is 5. The molecule has 0 saturated carbocycles. The van der Waals surface area contributed by atoms with E-state index in [9.17, 15) is 24.8 Å². The van der Waals surface area contributed by atoms with E-state index >= 15 is 0 Å². The average molecular weight is 381 g/mol. The number of fused-ring (bicyclic) bond motifs is 1. The minimum atomic E-state index is -1.37. The molecule has 144 valence electrons. The smallest absolute Gasteiger partial charge is 0.347 e. The summed E-state index contributed by atoms with van der Waals surface area (Å²) in [6.07, 6.45) is 2.88. The van der Waals surface area contributed by atoms with Gasteiger partial charge in [-0.05, 0) is 74.2 Å². The molecule has 0 spiro atoms. The molecule has 0 heterocycles. The van der Waals surface area contributed by atoms with Crippen LogP contribution in [0.5, 0.6) is 5.75 Å². The lowest BCUT2D eigenvalue weighted by Gasteiger charge is -2.23. The second-order valence-corrected chi connectivity index (χ2v) is 7.08. The SMILES string of the molecule is CC(C)(Oc1ccc2c(c1)CCC(=Cc1ccc([N+](=O)[O-])cc1)C2=O)C(=O)O. The fourth-order valence-electron chi connectivity index (χ4n) is 2.99. The van der Waals surface area contributed by atoms with Crippen LogP contribution in [0.2, 0.25) is 0 Å². The molecule has 0 aliphatic heterocycles. The van der Waals surface area contributed by atoms with Gasteiger partial charge in [0, 0.05) is 23.3 Å². The Kier molecular flexibility index (Phi) is 5.00. The van der Waals surface area contributed by atoms with Gasteiger partial charge in [-0.3, -0.25) is 14.9 Å². The first-order chi connectivity index (χ1) is 13.2. The summed E-state index contributed by atoms with van der Waals surface area (Å²) in [6, 6.07) is 11.0. The number of allylic oxidation sites excluding steroid dienone is 1. The van der Waals surface area contributed by atoms with Crippen LogP contribution in [0, 0.1) is 10.1 Å². The lowest BCUT2D eigenvalue weighted by Crippen LogP contribution is -2.37. The van der Waals surface area contributed by atoms with Crippen molar-refractivity contribution in [1.29, 1.82) is 0 Å². The van der Waals surface area contributed by atoms with Crippen LogP contribution in [0.3, 0.4) is 0 Å². The fraction of sp³-hybridized carbons (Fsp3) is 0.238. The van der Waals surface area contributed by atoms with Crippen molar-refractivity contribution >= 4 is 23.5 Å². The van der Waals surface area contributed by atoms with Crippen molar-refractivity contribution in [1.82, 2.24) is 0 Å². The fourth-order valence-corrected chi connectivity index (χ4v) is 2.99. The van der Waals surface area contributed by atoms with E-state index in [1.807, 2.05) is 0 Å². The highest BCUT2D eigenvalue weighted by Gasteiger charge is 2.30. The number of nitro groups is 1. The first-order valence-corrected chi connectivity index (χ1v) is 8.72. The van der Waals surface area contributed by atoms with Crippen LogP contribution in [-0.4, -0.2) is 27.4 Å². The van der Waals surface area contributed by atoms with E-state index in [0.29, 0.717) is 29.7 Å². The third-order valence-electron chi connectivity index (χ3n) is 4.61. The Morgan fingerprint density at radius 2 is 1.86 bits per heavy atom. The maximum absolute atomic E-state index is 12.8. The minimum absolute atomic E-state index is 0.000666. The highest BCUT2D eigenvalue weighted by molar-refractivity contribution is 6.13. The predicted molar refractivity (Wildman–Crippen MR) is 103 cm³/mol. The molecule has 1 N–H and O–H groups in total. The number of ether oxygens (including phenoxy) is 1. The molecule has 2 aromatic rings. The number of hydrogen-bond donors (Lipinski definition) is 1. The average Bonchev–Trinajstić information content (AvgIpc) is 2.64. The van der Waals surface area contributed by atoms with E-state index in [2.05, 4.69) is 0 Å². The van der Waals surface area contributed by atoms with Gasteiger partial charge >= 0.3 is 5.97 Å². The van der Waals surface area contributed by atoms with Gasteiger partial charge < -0.3 is 9.84 Å². The number of aliphatic carboxylic acids is 1. The molecular formula is C21H19NO6. The number of ketones is 1. The molecular weight excluding hydrogens is 362 g/mol. The van der Waals surface area contributed by atoms with Crippen LogP contribution < -0.4 is 4.74 Å². The second-order valence-electron chi connectivity index (χ2n) is 7.08. The van der Waals surface area contributed by atoms with Gasteiger partial charge in [0.1, 0.15) is 5.75 Å². The summed E-state index contributed by atoms with van der Waals surface area (Å²) in [5, 5.41) is 19.9. The number of carboxylic acids is 1. The number of carbonyl (C=O) groups excluding carboxylic acids is 1. The molecule has 0 saturated heterocycles. The number of benzene rings is 2. The zero-order valence-corrected chi connectivity index (χ0v) is 15.5. The minimum Gasteiger partial charge on any atom is -0.478 e. The highest BCUT2D eigenvalue weighted by atomic mass is 16.6. The molecule has 0 fully saturated rings. The zero-order chi connectivity index (χ0) is 20.5. The molecule has 0 radical (unpaired) electrons. The van der Waals surface area contributed by atoms with Gasteiger partial charge in [-0.15, -0.1) is 0 Å². The van der Waals surface area contributed by atoms with Crippen LogP contribution in [0.1, 0.15) is 41.8 Å². The Hall–Kier alpha value is -3.48. The monoisotopic (exact) mass is 381 g/mol. The third kappa shape index (κ3) is 3.93. The lowest BCUT2D eigenvalue weighted by molar-refractivity contribution is -0.384. The maximum Gasteiger partial charge on any atom is 0.347 e. The Morgan fingerprint density at radius 3 is 2.46 bits per heavy atom. The molecule has 0 amide bonds. The summed E-state index contributed by atoms with van der Waals surface area (Å²) < 4.78 is 5.54. The van der Waals surface area contributed by atoms with E-state index in [4.69, 9.17) is 4.74 Å². The van der Waals surface area contributed by atoms with Crippen molar-refractivity contribution < 1.29 is 24.4 Å². The van der Waals surface area contributed by atoms with Crippen molar-refractivity contribution in [3.05, 3.63) is 74.8 Å². The maximum atomic E-state index is 12.8. The first-order valence-electron chi connectivity index (χ1n) is 8.72. The number of nitrogens with zero attached hydrogens (tertiary/aromatic N) is 1. The molecule has 0 aromatic heterocycles. The summed E-state index contributed by atoms with van der Waals surface area (Å²) in [6.45, 7) is 2.93. The van der Waals surface area contributed by atoms with Crippen molar-refractivity contribution in [3.8, 4) is 5.75 Å². The molecule has 2 aromatic carbocycles. The molecule has 1 aliphatic rings. The number of nitro benzene ring substituents is 1. The van der Waals surface area contributed by atoms with Crippen LogP contribution in [-0.2, 0) is 11.2 Å². The zero-order valence-electron chi connectivity index (χ0n) is 15.5. The van der Waals surface area contributed by atoms with Gasteiger partial charge in [-0.25, -0.2) is 4.79 Å². The van der Waals surface area contributed by atoms with Crippen LogP contribution in [0.25, 0.3) is 6.08 Å². The topological polar surface area (TPSA) is 107 Å². The summed E-state index contributed by atoms with van der Waals surface area (Å²) in [4.78, 5) is 34.3. The molecule has 7 nitrogen and oxygen atoms in total. The summed E-state index contributed by atoms with van der Waals surface area (Å²) >= 11 is 0. The normalized spacial score (nSPS) is 15.2. The van der Waals surface area contributed by atoms with Crippen molar-refractivity contribution in [2.45, 2.75) is 32.3 Å². The quantitative estimate of drug-likeness (QED) is 0.476. The largest absolute Gasteiger partial charge is 0.478 e. The number of rotatable bonds is 5. The number of carboxylic acid groups (broad SMARTS) is 1. The third-order valence-corrected chi connectivity index (χ3v) is 4.61. The predicted octanol–water partition coefficient (Wildman–Crippen LogP) is 4.05. The molecule has 3 rings (SSSR count). The molecule has 0 bridgehead atoms. The first kappa shape index (κ1) is 19.3. The number of carbonyl (C=O) groups is 2. The van der Waals surface area contributed by atoms with Gasteiger partial charge in [-0.2, -0.15) is 0 Å². The lowest BCUT2D eigenvalue weighted by atomic mass is 9.86. The standard InChI is InChI=1S/C21H19NO6/c1-21(2,20(24)25)28-17-9-10-18-14(12-17)5-6-15(19(18)23)11-13-3-7-16(8-4-13)22(26)27/h3-4,7-12H,5-6H2,1-2H3,(H,24,25). The summed E-state index contributed by atoms with van der Waals surface area (Å²) in [7, 11) is 0. The van der Waals surface area contributed by atoms with Gasteiger partial charge in [0.2, 0.25) is 0 Å². The van der Waals surface area contributed by atoms with E-state index in [1.165, 1.54) is 26.0 Å². The molecule has 28 heavy (non-hydrogen) atoms. The van der Waals surface area contributed by atoms with Crippen LogP contribution in [0.15, 0.2) is 48.0 Å². The van der Waals surface area contributed by atoms with Crippen molar-refractivity contribution in [3.63, 3.8) is 0 Å². The van der Waals surface area contributed by atoms with Crippen molar-refractivity contribution in [2.75, 3.05) is 0 Å². The van der Waals surface area contributed by atoms with Crippen LogP contribution in [0.4, 0.5) is 5.69 Å². The van der Waals surface area contributed by atoms with Gasteiger partial charge in [-0.1, -0.05) is 0 Å². The van der Waals surface area contributed by atoms with Crippen LogP contribution >= 0.6 is 0 Å². The van der Waals surface area contributed by atoms with E-state index < -0.39 is 16.5 Å². The Morgan fingerprint density at radius 1 is 1.18 bits per heavy atom. The Bertz CT molecular complexity index is 988. The molecule has 1 aliphatic carbocycles. The Balaban J connectivity index is 1.83. The van der Waals surface area contributed by atoms with Crippen molar-refractivity contribution in [2.24, 2.45) is 0 Å². The van der Waals surface area contributed by atoms with Gasteiger partial charge in [0.15, 0.2) is 11.4 Å². The Labute approximate surface area is 161 Å². The highest BCUT2D eigenvalue weighted by Crippen LogP contribution is 2.31. The molecule has 7 heteroatoms. The van der Waals surface area contributed by atoms with Gasteiger partial charge in [0.05, 0.1) is 4.92 Å². The second kappa shape index (κ2) is 7.26. The van der Waals surface area contributed by atoms with Gasteiger partial charge in [0.25, 0.3) is 5.69 Å². The number of Topliss-reactive ketones (excluding diaryl/α,β-unsaturated/α-hetero) is 1.